The lowest BCUT2D eigenvalue weighted by Gasteiger charge is -2.22. The van der Waals surface area contributed by atoms with Gasteiger partial charge in [0.15, 0.2) is 0 Å². The summed E-state index contributed by atoms with van der Waals surface area (Å²) in [6.45, 7) is 2.49. The summed E-state index contributed by atoms with van der Waals surface area (Å²) in [5.74, 6) is 0.494. The van der Waals surface area contributed by atoms with E-state index >= 15 is 0 Å². The number of rotatable bonds is 8. The molecule has 0 spiro atoms. The molecule has 1 saturated carbocycles. The van der Waals surface area contributed by atoms with Crippen molar-refractivity contribution in [3.05, 3.63) is 66.2 Å². The molecule has 0 saturated heterocycles. The van der Waals surface area contributed by atoms with Crippen molar-refractivity contribution in [1.29, 1.82) is 0 Å². The van der Waals surface area contributed by atoms with Gasteiger partial charge >= 0.3 is 5.97 Å². The summed E-state index contributed by atoms with van der Waals surface area (Å²) in [6.07, 6.45) is 8.35. The first kappa shape index (κ1) is 21.4. The maximum absolute atomic E-state index is 11.3. The molecular formula is C28H32O3. The van der Waals surface area contributed by atoms with Crippen LogP contribution >= 0.6 is 0 Å². The Morgan fingerprint density at radius 1 is 1.00 bits per heavy atom. The van der Waals surface area contributed by atoms with E-state index in [9.17, 15) is 9.90 Å². The summed E-state index contributed by atoms with van der Waals surface area (Å²) in [4.78, 5) is 11.3. The third-order valence-electron chi connectivity index (χ3n) is 6.58. The fourth-order valence-corrected chi connectivity index (χ4v) is 4.66. The van der Waals surface area contributed by atoms with E-state index in [0.717, 1.165) is 41.4 Å². The Balaban J connectivity index is 1.60. The lowest BCUT2D eigenvalue weighted by Crippen LogP contribution is -2.12. The molecule has 0 aromatic heterocycles. The van der Waals surface area contributed by atoms with Crippen molar-refractivity contribution >= 4 is 16.7 Å². The largest absolute Gasteiger partial charge is 0.493 e. The zero-order valence-corrected chi connectivity index (χ0v) is 18.3. The van der Waals surface area contributed by atoms with Crippen LogP contribution in [0.2, 0.25) is 0 Å². The highest BCUT2D eigenvalue weighted by Crippen LogP contribution is 2.34. The van der Waals surface area contributed by atoms with Crippen LogP contribution in [-0.2, 0) is 11.2 Å². The lowest BCUT2D eigenvalue weighted by molar-refractivity contribution is -0.141. The van der Waals surface area contributed by atoms with Crippen molar-refractivity contribution < 1.29 is 14.6 Å². The molecule has 4 rings (SSSR count). The molecule has 1 aliphatic rings. The first-order valence-corrected chi connectivity index (χ1v) is 11.6. The third-order valence-corrected chi connectivity index (χ3v) is 6.58. The molecule has 0 amide bonds. The van der Waals surface area contributed by atoms with Gasteiger partial charge in [0.25, 0.3) is 0 Å². The fraction of sp³-hybridized carbons (Fsp3) is 0.393. The Labute approximate surface area is 185 Å². The lowest BCUT2D eigenvalue weighted by atomic mass is 9.87. The molecule has 1 aliphatic carbocycles. The number of hydrogen-bond acceptors (Lipinski definition) is 2. The molecule has 1 unspecified atom stereocenters. The number of carbonyl (C=O) groups is 1. The van der Waals surface area contributed by atoms with Crippen LogP contribution in [0.3, 0.4) is 0 Å². The van der Waals surface area contributed by atoms with E-state index in [1.54, 1.807) is 6.92 Å². The maximum Gasteiger partial charge on any atom is 0.306 e. The van der Waals surface area contributed by atoms with E-state index in [2.05, 4.69) is 48.5 Å². The number of carboxylic acid groups (broad SMARTS) is 1. The molecule has 0 bridgehead atoms. The van der Waals surface area contributed by atoms with Crippen molar-refractivity contribution in [3.8, 4) is 16.9 Å². The van der Waals surface area contributed by atoms with Crippen molar-refractivity contribution in [2.24, 2.45) is 11.8 Å². The number of aliphatic carboxylic acids is 1. The molecular weight excluding hydrogens is 384 g/mol. The molecule has 31 heavy (non-hydrogen) atoms. The molecule has 3 nitrogen and oxygen atoms in total. The van der Waals surface area contributed by atoms with Crippen molar-refractivity contribution in [2.45, 2.75) is 51.9 Å². The van der Waals surface area contributed by atoms with E-state index in [1.165, 1.54) is 42.9 Å². The Morgan fingerprint density at radius 2 is 1.77 bits per heavy atom. The summed E-state index contributed by atoms with van der Waals surface area (Å²) >= 11 is 0. The molecule has 1 fully saturated rings. The van der Waals surface area contributed by atoms with E-state index in [1.807, 2.05) is 12.1 Å². The quantitative estimate of drug-likeness (QED) is 0.425. The smallest absolute Gasteiger partial charge is 0.306 e. The number of benzene rings is 3. The van der Waals surface area contributed by atoms with Gasteiger partial charge in [-0.3, -0.25) is 4.79 Å². The highest BCUT2D eigenvalue weighted by atomic mass is 16.5. The summed E-state index contributed by atoms with van der Waals surface area (Å²) in [5.41, 5.74) is 3.18. The second-order valence-corrected chi connectivity index (χ2v) is 8.98. The number of ether oxygens (including phenoxy) is 1. The van der Waals surface area contributed by atoms with Gasteiger partial charge in [0.2, 0.25) is 0 Å². The van der Waals surface area contributed by atoms with Gasteiger partial charge in [0.1, 0.15) is 5.75 Å². The summed E-state index contributed by atoms with van der Waals surface area (Å²) in [5, 5.41) is 11.7. The summed E-state index contributed by atoms with van der Waals surface area (Å²) in [6, 6.07) is 21.0. The molecule has 1 N–H and O–H groups in total. The van der Waals surface area contributed by atoms with Crippen molar-refractivity contribution in [2.75, 3.05) is 6.61 Å². The van der Waals surface area contributed by atoms with Crippen LogP contribution in [-0.4, -0.2) is 17.7 Å². The second kappa shape index (κ2) is 10.00. The summed E-state index contributed by atoms with van der Waals surface area (Å²) < 4.78 is 6.30. The monoisotopic (exact) mass is 416 g/mol. The van der Waals surface area contributed by atoms with Crippen LogP contribution in [0, 0.1) is 11.8 Å². The van der Waals surface area contributed by atoms with E-state index in [-0.39, 0.29) is 0 Å². The van der Waals surface area contributed by atoms with E-state index in [0.29, 0.717) is 6.42 Å². The molecule has 162 valence electrons. The average molecular weight is 417 g/mol. The minimum atomic E-state index is -0.764. The van der Waals surface area contributed by atoms with Crippen LogP contribution < -0.4 is 4.74 Å². The van der Waals surface area contributed by atoms with E-state index < -0.39 is 11.9 Å². The topological polar surface area (TPSA) is 46.5 Å². The van der Waals surface area contributed by atoms with Crippen molar-refractivity contribution in [3.63, 3.8) is 0 Å². The highest BCUT2D eigenvalue weighted by Gasteiger charge is 2.16. The molecule has 3 aromatic rings. The zero-order valence-electron chi connectivity index (χ0n) is 18.3. The Morgan fingerprint density at radius 3 is 2.55 bits per heavy atom. The van der Waals surface area contributed by atoms with E-state index in [4.69, 9.17) is 4.74 Å². The minimum absolute atomic E-state index is 0.414. The predicted molar refractivity (Wildman–Crippen MR) is 127 cm³/mol. The average Bonchev–Trinajstić information content (AvgIpc) is 2.80. The molecule has 0 heterocycles. The standard InChI is InChI=1S/C28H32O3/c1-20(28(29)30)17-22-11-14-27(31-16-15-21-7-3-2-4-8-21)26(18-22)25-13-12-23-9-5-6-10-24(23)19-25/h5-6,9-14,18-21H,2-4,7-8,15-17H2,1H3,(H,29,30). The van der Waals surface area contributed by atoms with Gasteiger partial charge in [-0.15, -0.1) is 0 Å². The predicted octanol–water partition coefficient (Wildman–Crippen LogP) is 7.12. The maximum atomic E-state index is 11.3. The van der Waals surface area contributed by atoms with Gasteiger partial charge in [0, 0.05) is 5.56 Å². The molecule has 3 heteroatoms. The first-order chi connectivity index (χ1) is 15.1. The molecule has 3 aromatic carbocycles. The molecule has 0 radical (unpaired) electrons. The Kier molecular flexibility index (Phi) is 6.91. The van der Waals surface area contributed by atoms with Gasteiger partial charge in [-0.25, -0.2) is 0 Å². The van der Waals surface area contributed by atoms with Crippen LogP contribution in [0.4, 0.5) is 0 Å². The summed E-state index contributed by atoms with van der Waals surface area (Å²) in [7, 11) is 0. The number of fused-ring (bicyclic) bond motifs is 1. The number of carboxylic acids is 1. The molecule has 0 aliphatic heterocycles. The van der Waals surface area contributed by atoms with Gasteiger partial charge in [0.05, 0.1) is 12.5 Å². The van der Waals surface area contributed by atoms with Crippen LogP contribution in [0.5, 0.6) is 5.75 Å². The van der Waals surface area contributed by atoms with Gasteiger partial charge in [-0.2, -0.15) is 0 Å². The van der Waals surface area contributed by atoms with Crippen molar-refractivity contribution in [1.82, 2.24) is 0 Å². The molecule has 1 atom stereocenters. The van der Waals surface area contributed by atoms with Gasteiger partial charge in [-0.1, -0.05) is 81.5 Å². The van der Waals surface area contributed by atoms with Crippen LogP contribution in [0.25, 0.3) is 21.9 Å². The SMILES string of the molecule is CC(Cc1ccc(OCCC2CCCCC2)c(-c2ccc3ccccc3c2)c1)C(=O)O. The first-order valence-electron chi connectivity index (χ1n) is 11.6. The van der Waals surface area contributed by atoms with Crippen LogP contribution in [0.15, 0.2) is 60.7 Å². The fourth-order valence-electron chi connectivity index (χ4n) is 4.66. The third kappa shape index (κ3) is 5.46. The van der Waals surface area contributed by atoms with Gasteiger partial charge < -0.3 is 9.84 Å². The normalized spacial score (nSPS) is 15.6. The Hall–Kier alpha value is -2.81. The minimum Gasteiger partial charge on any atom is -0.493 e. The zero-order chi connectivity index (χ0) is 21.6. The van der Waals surface area contributed by atoms with Crippen LogP contribution in [0.1, 0.15) is 51.0 Å². The highest BCUT2D eigenvalue weighted by molar-refractivity contribution is 5.88. The Bertz CT molecular complexity index is 1030. The second-order valence-electron chi connectivity index (χ2n) is 8.98. The van der Waals surface area contributed by atoms with Gasteiger partial charge in [-0.05, 0) is 58.9 Å². The number of hydrogen-bond donors (Lipinski definition) is 1.